The standard InChI is InChI=1S/2C16H22N2O2.C13H18N2O.ClH/c2*1-6-13(19)18-8-7-12-15(2,3)14(20)11(17-5)9-16(12,4)10-18;1-12(2)10-5-6-15-8-13(10,3)7-9(14-4)11(12)16;/h2*9,12H,6-8,10H2,1-4H3;7,10,15H,5-6,8H2,1-3H3;1H/t2*12-,16+;10-,13+;/m100./s1. The second-order valence-corrected chi connectivity index (χ2v) is 19.1. The first kappa shape index (κ1) is 47.3. The van der Waals surface area contributed by atoms with Crippen LogP contribution in [0.25, 0.3) is 14.5 Å². The van der Waals surface area contributed by atoms with Gasteiger partial charge in [0.15, 0.2) is 17.3 Å². The largest absolute Gasteiger partial charge is 0.342 e. The van der Waals surface area contributed by atoms with E-state index in [0.717, 1.165) is 32.4 Å². The van der Waals surface area contributed by atoms with Gasteiger partial charge >= 0.3 is 0 Å². The number of hydrogen-bond acceptors (Lipinski definition) is 6. The Bertz CT molecular complexity index is 1790. The second kappa shape index (κ2) is 17.0. The molecule has 3 heterocycles. The molecule has 57 heavy (non-hydrogen) atoms. The fraction of sp³-hybridized carbons (Fsp3) is 0.689. The number of carbonyl (C=O) groups excluding carboxylic acids is 5. The minimum Gasteiger partial charge on any atom is -0.342 e. The fourth-order valence-corrected chi connectivity index (χ4v) is 11.2. The average molecular weight is 803 g/mol. The van der Waals surface area contributed by atoms with Gasteiger partial charge in [0.1, 0.15) is 0 Å². The van der Waals surface area contributed by atoms with Crippen LogP contribution in [0.2, 0.25) is 0 Å². The van der Waals surface area contributed by atoms with Crippen LogP contribution in [-0.4, -0.2) is 78.2 Å². The third-order valence-corrected chi connectivity index (χ3v) is 14.1. The molecule has 310 valence electrons. The number of nitrogens with zero attached hydrogens (tertiary/aromatic N) is 5. The predicted molar refractivity (Wildman–Crippen MR) is 223 cm³/mol. The molecule has 1 N–H and O–H groups in total. The summed E-state index contributed by atoms with van der Waals surface area (Å²) < 4.78 is 0. The number of piperidine rings is 3. The molecule has 0 saturated carbocycles. The summed E-state index contributed by atoms with van der Waals surface area (Å²) in [5.41, 5.74) is -1.25. The van der Waals surface area contributed by atoms with Crippen LogP contribution in [0, 0.1) is 70.0 Å². The zero-order chi connectivity index (χ0) is 42.2. The molecule has 3 aliphatic heterocycles. The van der Waals surface area contributed by atoms with E-state index in [1.807, 2.05) is 83.4 Å². The zero-order valence-corrected chi connectivity index (χ0v) is 36.7. The van der Waals surface area contributed by atoms with Crippen molar-refractivity contribution in [2.75, 3.05) is 39.3 Å². The van der Waals surface area contributed by atoms with Crippen molar-refractivity contribution in [3.8, 4) is 0 Å². The lowest BCUT2D eigenvalue weighted by molar-refractivity contribution is -0.141. The van der Waals surface area contributed by atoms with Gasteiger partial charge in [-0.25, -0.2) is 14.5 Å². The van der Waals surface area contributed by atoms with Crippen LogP contribution in [0.5, 0.6) is 0 Å². The van der Waals surface area contributed by atoms with E-state index in [2.05, 4.69) is 40.6 Å². The Balaban J connectivity index is 0.000000229. The average Bonchev–Trinajstić information content (AvgIpc) is 3.15. The normalized spacial score (nSPS) is 33.0. The number of hydrogen-bond donors (Lipinski definition) is 1. The van der Waals surface area contributed by atoms with Crippen molar-refractivity contribution in [3.63, 3.8) is 0 Å². The van der Waals surface area contributed by atoms with Gasteiger partial charge < -0.3 is 29.5 Å². The van der Waals surface area contributed by atoms with Crippen molar-refractivity contribution in [3.05, 3.63) is 69.6 Å². The number of halogens is 1. The second-order valence-electron chi connectivity index (χ2n) is 19.1. The third kappa shape index (κ3) is 8.55. The molecule has 3 saturated heterocycles. The summed E-state index contributed by atoms with van der Waals surface area (Å²) in [5.74, 6) is 0.943. The molecule has 3 aliphatic carbocycles. The van der Waals surface area contributed by atoms with Gasteiger partial charge in [0, 0.05) is 61.8 Å². The number of nitrogens with one attached hydrogen (secondary N) is 1. The summed E-state index contributed by atoms with van der Waals surface area (Å²) >= 11 is 0. The van der Waals surface area contributed by atoms with Gasteiger partial charge in [-0.1, -0.05) is 94.4 Å². The van der Waals surface area contributed by atoms with Crippen LogP contribution < -0.4 is 5.32 Å². The molecule has 3 fully saturated rings. The van der Waals surface area contributed by atoms with Gasteiger partial charge in [0.05, 0.1) is 19.7 Å². The van der Waals surface area contributed by atoms with E-state index in [1.165, 1.54) is 0 Å². The molecule has 0 aromatic rings. The van der Waals surface area contributed by atoms with Crippen molar-refractivity contribution < 1.29 is 24.0 Å². The van der Waals surface area contributed by atoms with Crippen LogP contribution in [0.4, 0.5) is 0 Å². The number of ketones is 3. The van der Waals surface area contributed by atoms with E-state index in [9.17, 15) is 24.0 Å². The van der Waals surface area contributed by atoms with Crippen molar-refractivity contribution >= 4 is 41.6 Å². The number of fused-ring (bicyclic) bond motifs is 3. The predicted octanol–water partition coefficient (Wildman–Crippen LogP) is 7.76. The number of rotatable bonds is 2. The summed E-state index contributed by atoms with van der Waals surface area (Å²) in [5, 5.41) is 3.36. The lowest BCUT2D eigenvalue weighted by Gasteiger charge is -2.53. The first-order valence-electron chi connectivity index (χ1n) is 20.2. The number of likely N-dealkylation sites (tertiary alicyclic amines) is 2. The topological polar surface area (TPSA) is 117 Å². The highest BCUT2D eigenvalue weighted by Crippen LogP contribution is 2.54. The Morgan fingerprint density at radius 1 is 0.614 bits per heavy atom. The highest BCUT2D eigenvalue weighted by atomic mass is 35.5. The summed E-state index contributed by atoms with van der Waals surface area (Å²) in [6.07, 6.45) is 9.18. The lowest BCUT2D eigenvalue weighted by atomic mass is 9.55. The van der Waals surface area contributed by atoms with Crippen molar-refractivity contribution in [1.29, 1.82) is 0 Å². The molecular weight excluding hydrogens is 740 g/mol. The van der Waals surface area contributed by atoms with Crippen LogP contribution in [0.15, 0.2) is 35.3 Å². The van der Waals surface area contributed by atoms with Crippen molar-refractivity contribution in [1.82, 2.24) is 15.1 Å². The van der Waals surface area contributed by atoms with E-state index in [0.29, 0.717) is 50.6 Å². The van der Waals surface area contributed by atoms with E-state index >= 15 is 0 Å². The molecule has 6 aliphatic rings. The molecule has 6 rings (SSSR count). The van der Waals surface area contributed by atoms with Gasteiger partial charge in [-0.2, -0.15) is 0 Å². The van der Waals surface area contributed by atoms with Gasteiger partial charge in [-0.05, 0) is 59.8 Å². The van der Waals surface area contributed by atoms with Crippen LogP contribution >= 0.6 is 12.4 Å². The highest BCUT2D eigenvalue weighted by molar-refractivity contribution is 6.03. The number of allylic oxidation sites excluding steroid dienone is 3. The van der Waals surface area contributed by atoms with Gasteiger partial charge in [-0.3, -0.25) is 9.59 Å². The molecule has 0 unspecified atom stereocenters. The van der Waals surface area contributed by atoms with Crippen LogP contribution in [0.1, 0.15) is 108 Å². The number of carbonyl (C=O) groups is 5. The summed E-state index contributed by atoms with van der Waals surface area (Å²) in [6, 6.07) is 0. The maximum atomic E-state index is 12.4. The van der Waals surface area contributed by atoms with Crippen molar-refractivity contribution in [2.24, 2.45) is 50.2 Å². The highest BCUT2D eigenvalue weighted by Gasteiger charge is 2.55. The molecule has 2 amide bonds. The smallest absolute Gasteiger partial charge is 0.226 e. The van der Waals surface area contributed by atoms with E-state index in [4.69, 9.17) is 19.7 Å². The molecule has 0 spiro atoms. The summed E-state index contributed by atoms with van der Waals surface area (Å²) in [7, 11) is 0. The SMILES string of the molecule is Cl.[C-]#[N+]C1=C[C@@]2(C)CN(C(=O)CC)CC[C@@H]2C(C)(C)C1=O.[C-]#[N+]C1=C[C@]2(C)CN(C(=O)CC)CC[C@H]2C(C)(C)C1=O.[C-]#[N+]C1=C[C@]2(C)CNCC[C@H]2C(C)(C)C1=O. The minimum atomic E-state index is -0.523. The Labute approximate surface area is 347 Å². The molecule has 0 aromatic heterocycles. The molecule has 0 radical (unpaired) electrons. The maximum Gasteiger partial charge on any atom is 0.226 e. The first-order chi connectivity index (χ1) is 25.9. The van der Waals surface area contributed by atoms with E-state index < -0.39 is 16.2 Å². The molecule has 12 heteroatoms. The number of Topliss-reactive ketones (excluding diaryl/α,β-unsaturated/α-hetero) is 3. The Hall–Kier alpha value is -4.11. The lowest BCUT2D eigenvalue weighted by Crippen LogP contribution is -2.56. The monoisotopic (exact) mass is 802 g/mol. The fourth-order valence-electron chi connectivity index (χ4n) is 11.2. The van der Waals surface area contributed by atoms with Gasteiger partial charge in [-0.15, -0.1) is 12.4 Å². The van der Waals surface area contributed by atoms with Gasteiger partial charge in [0.25, 0.3) is 0 Å². The Morgan fingerprint density at radius 3 is 1.25 bits per heavy atom. The zero-order valence-electron chi connectivity index (χ0n) is 35.9. The Kier molecular flexibility index (Phi) is 14.1. The van der Waals surface area contributed by atoms with Crippen LogP contribution in [-0.2, 0) is 24.0 Å². The first-order valence-corrected chi connectivity index (χ1v) is 20.2. The van der Waals surface area contributed by atoms with E-state index in [1.54, 1.807) is 0 Å². The number of amides is 2. The van der Waals surface area contributed by atoms with E-state index in [-0.39, 0.29) is 81.0 Å². The summed E-state index contributed by atoms with van der Waals surface area (Å²) in [6.45, 7) is 47.8. The maximum absolute atomic E-state index is 12.4. The molecule has 0 aromatic carbocycles. The Morgan fingerprint density at radius 2 is 0.930 bits per heavy atom. The van der Waals surface area contributed by atoms with Gasteiger partial charge in [0.2, 0.25) is 28.9 Å². The molecule has 0 bridgehead atoms. The molecule has 11 nitrogen and oxygen atoms in total. The third-order valence-electron chi connectivity index (χ3n) is 14.1. The molecule has 6 atom stereocenters. The minimum absolute atomic E-state index is 0. The van der Waals surface area contributed by atoms with Crippen molar-refractivity contribution in [2.45, 2.75) is 108 Å². The van der Waals surface area contributed by atoms with Crippen LogP contribution in [0.3, 0.4) is 0 Å². The summed E-state index contributed by atoms with van der Waals surface area (Å²) in [4.78, 5) is 74.8. The quantitative estimate of drug-likeness (QED) is 0.286. The molecular formula is C45H63ClN6O5.